The Kier molecular flexibility index (Phi) is 5.12. The molecule has 0 spiro atoms. The molecule has 0 bridgehead atoms. The van der Waals surface area contributed by atoms with Crippen molar-refractivity contribution in [3.63, 3.8) is 0 Å². The van der Waals surface area contributed by atoms with Gasteiger partial charge in [-0.05, 0) is 34.8 Å². The molecule has 1 N–H and O–H groups in total. The smallest absolute Gasteiger partial charge is 0.139 e. The maximum atomic E-state index is 9.20. The minimum absolute atomic E-state index is 0.00885. The summed E-state index contributed by atoms with van der Waals surface area (Å²) in [5, 5.41) is 9.20. The molecule has 0 heterocycles. The molecule has 0 saturated carbocycles. The van der Waals surface area contributed by atoms with Gasteiger partial charge in [-0.15, -0.1) is 0 Å². The van der Waals surface area contributed by atoms with Crippen molar-refractivity contribution >= 4 is 15.9 Å². The highest BCUT2D eigenvalue weighted by Gasteiger charge is 2.11. The van der Waals surface area contributed by atoms with Crippen LogP contribution < -0.4 is 4.74 Å². The number of ether oxygens (including phenoxy) is 1. The van der Waals surface area contributed by atoms with Gasteiger partial charge in [0.2, 0.25) is 0 Å². The van der Waals surface area contributed by atoms with E-state index in [0.29, 0.717) is 0 Å². The van der Waals surface area contributed by atoms with E-state index in [2.05, 4.69) is 29.8 Å². The standard InChI is InChI=1S/C12H17BrO2/c1-3-10(4-2)15-12-9(8-14)6-5-7-11(12)13/h5-7,10,14H,3-4,8H2,1-2H3. The monoisotopic (exact) mass is 272 g/mol. The number of hydrogen-bond donors (Lipinski definition) is 1. The van der Waals surface area contributed by atoms with Crippen LogP contribution in [0.5, 0.6) is 5.75 Å². The van der Waals surface area contributed by atoms with E-state index in [-0.39, 0.29) is 12.7 Å². The van der Waals surface area contributed by atoms with Crippen molar-refractivity contribution < 1.29 is 9.84 Å². The Balaban J connectivity index is 2.91. The molecule has 1 aromatic carbocycles. The van der Waals surface area contributed by atoms with Gasteiger partial charge in [0, 0.05) is 5.56 Å². The zero-order chi connectivity index (χ0) is 11.3. The Bertz CT molecular complexity index is 308. The van der Waals surface area contributed by atoms with Gasteiger partial charge in [-0.3, -0.25) is 0 Å². The van der Waals surface area contributed by atoms with Crippen molar-refractivity contribution in [3.05, 3.63) is 28.2 Å². The molecule has 3 heteroatoms. The van der Waals surface area contributed by atoms with Gasteiger partial charge in [0.1, 0.15) is 5.75 Å². The van der Waals surface area contributed by atoms with Crippen LogP contribution in [0.1, 0.15) is 32.3 Å². The quantitative estimate of drug-likeness (QED) is 0.889. The molecule has 0 aliphatic carbocycles. The van der Waals surface area contributed by atoms with Crippen molar-refractivity contribution in [2.24, 2.45) is 0 Å². The molecule has 0 radical (unpaired) electrons. The van der Waals surface area contributed by atoms with Gasteiger partial charge in [-0.2, -0.15) is 0 Å². The first-order chi connectivity index (χ1) is 7.22. The van der Waals surface area contributed by atoms with Crippen LogP contribution >= 0.6 is 15.9 Å². The van der Waals surface area contributed by atoms with E-state index in [9.17, 15) is 5.11 Å². The van der Waals surface area contributed by atoms with Crippen LogP contribution in [-0.4, -0.2) is 11.2 Å². The summed E-state index contributed by atoms with van der Waals surface area (Å²) in [6.07, 6.45) is 2.17. The van der Waals surface area contributed by atoms with Crippen LogP contribution in [0.3, 0.4) is 0 Å². The fourth-order valence-corrected chi connectivity index (χ4v) is 1.93. The maximum Gasteiger partial charge on any atom is 0.139 e. The summed E-state index contributed by atoms with van der Waals surface area (Å²) in [4.78, 5) is 0. The van der Waals surface area contributed by atoms with Crippen molar-refractivity contribution in [3.8, 4) is 5.75 Å². The zero-order valence-corrected chi connectivity index (χ0v) is 10.8. The summed E-state index contributed by atoms with van der Waals surface area (Å²) < 4.78 is 6.76. The lowest BCUT2D eigenvalue weighted by atomic mass is 10.2. The van der Waals surface area contributed by atoms with Crippen LogP contribution in [0, 0.1) is 0 Å². The van der Waals surface area contributed by atoms with Crippen LogP contribution in [0.25, 0.3) is 0 Å². The van der Waals surface area contributed by atoms with E-state index in [1.54, 1.807) is 0 Å². The molecule has 0 aliphatic rings. The highest BCUT2D eigenvalue weighted by Crippen LogP contribution is 2.30. The number of aliphatic hydroxyl groups is 1. The third-order valence-electron chi connectivity index (χ3n) is 2.41. The first kappa shape index (κ1) is 12.5. The van der Waals surface area contributed by atoms with E-state index in [1.165, 1.54) is 0 Å². The molecule has 0 atom stereocenters. The molecule has 0 unspecified atom stereocenters. The Morgan fingerprint density at radius 1 is 1.33 bits per heavy atom. The number of para-hydroxylation sites is 1. The summed E-state index contributed by atoms with van der Waals surface area (Å²) in [6.45, 7) is 4.21. The molecular formula is C12H17BrO2. The van der Waals surface area contributed by atoms with Crippen molar-refractivity contribution in [2.45, 2.75) is 39.4 Å². The average Bonchev–Trinajstić information content (AvgIpc) is 2.27. The van der Waals surface area contributed by atoms with Gasteiger partial charge in [-0.1, -0.05) is 26.0 Å². The summed E-state index contributed by atoms with van der Waals surface area (Å²) in [6, 6.07) is 5.70. The second kappa shape index (κ2) is 6.13. The predicted octanol–water partition coefficient (Wildman–Crippen LogP) is 3.51. The van der Waals surface area contributed by atoms with Crippen molar-refractivity contribution in [1.29, 1.82) is 0 Å². The zero-order valence-electron chi connectivity index (χ0n) is 9.16. The molecule has 1 aromatic rings. The Hall–Kier alpha value is -0.540. The number of rotatable bonds is 5. The van der Waals surface area contributed by atoms with Gasteiger partial charge in [0.05, 0.1) is 17.2 Å². The second-order valence-electron chi connectivity index (χ2n) is 3.44. The van der Waals surface area contributed by atoms with Gasteiger partial charge >= 0.3 is 0 Å². The third kappa shape index (κ3) is 3.21. The maximum absolute atomic E-state index is 9.20. The summed E-state index contributed by atoms with van der Waals surface area (Å²) in [7, 11) is 0. The largest absolute Gasteiger partial charge is 0.489 e. The van der Waals surface area contributed by atoms with E-state index < -0.39 is 0 Å². The lowest BCUT2D eigenvalue weighted by Gasteiger charge is -2.19. The van der Waals surface area contributed by atoms with Crippen LogP contribution in [0.15, 0.2) is 22.7 Å². The van der Waals surface area contributed by atoms with Gasteiger partial charge < -0.3 is 9.84 Å². The third-order valence-corrected chi connectivity index (χ3v) is 3.04. The average molecular weight is 273 g/mol. The molecule has 2 nitrogen and oxygen atoms in total. The molecule has 0 fully saturated rings. The lowest BCUT2D eigenvalue weighted by molar-refractivity contribution is 0.183. The second-order valence-corrected chi connectivity index (χ2v) is 4.30. The predicted molar refractivity (Wildman–Crippen MR) is 65.1 cm³/mol. The number of hydrogen-bond acceptors (Lipinski definition) is 2. The molecule has 0 aliphatic heterocycles. The van der Waals surface area contributed by atoms with Crippen LogP contribution in [0.4, 0.5) is 0 Å². The fraction of sp³-hybridized carbons (Fsp3) is 0.500. The summed E-state index contributed by atoms with van der Waals surface area (Å²) >= 11 is 3.44. The SMILES string of the molecule is CCC(CC)Oc1c(Br)cccc1CO. The van der Waals surface area contributed by atoms with Gasteiger partial charge in [0.15, 0.2) is 0 Å². The van der Waals surface area contributed by atoms with Crippen molar-refractivity contribution in [1.82, 2.24) is 0 Å². The summed E-state index contributed by atoms with van der Waals surface area (Å²) in [5.41, 5.74) is 0.830. The molecule has 84 valence electrons. The number of aliphatic hydroxyl groups excluding tert-OH is 1. The van der Waals surface area contributed by atoms with Gasteiger partial charge in [0.25, 0.3) is 0 Å². The Morgan fingerprint density at radius 3 is 2.53 bits per heavy atom. The molecule has 1 rings (SSSR count). The van der Waals surface area contributed by atoms with E-state index in [0.717, 1.165) is 28.6 Å². The normalized spacial score (nSPS) is 10.7. The highest BCUT2D eigenvalue weighted by atomic mass is 79.9. The first-order valence-corrected chi connectivity index (χ1v) is 6.07. The Morgan fingerprint density at radius 2 is 2.00 bits per heavy atom. The summed E-state index contributed by atoms with van der Waals surface area (Å²) in [5.74, 6) is 0.772. The van der Waals surface area contributed by atoms with E-state index >= 15 is 0 Å². The minimum atomic E-state index is 0.00885. The molecular weight excluding hydrogens is 256 g/mol. The van der Waals surface area contributed by atoms with Gasteiger partial charge in [-0.25, -0.2) is 0 Å². The molecule has 0 amide bonds. The molecule has 15 heavy (non-hydrogen) atoms. The van der Waals surface area contributed by atoms with E-state index in [4.69, 9.17) is 4.74 Å². The number of benzene rings is 1. The molecule has 0 aromatic heterocycles. The number of halogens is 1. The Labute approximate surface area is 99.4 Å². The highest BCUT2D eigenvalue weighted by molar-refractivity contribution is 9.10. The van der Waals surface area contributed by atoms with Crippen LogP contribution in [0.2, 0.25) is 0 Å². The first-order valence-electron chi connectivity index (χ1n) is 5.27. The topological polar surface area (TPSA) is 29.5 Å². The molecule has 0 saturated heterocycles. The van der Waals surface area contributed by atoms with Crippen molar-refractivity contribution in [2.75, 3.05) is 0 Å². The van der Waals surface area contributed by atoms with Crippen LogP contribution in [-0.2, 0) is 6.61 Å². The minimum Gasteiger partial charge on any atom is -0.489 e. The fourth-order valence-electron chi connectivity index (χ4n) is 1.43. The van der Waals surface area contributed by atoms with E-state index in [1.807, 2.05) is 18.2 Å². The lowest BCUT2D eigenvalue weighted by Crippen LogP contribution is -2.15.